The molecule has 0 aromatic carbocycles. The number of halogens is 1. The van der Waals surface area contributed by atoms with Gasteiger partial charge in [0.05, 0.1) is 32.3 Å². The van der Waals surface area contributed by atoms with Gasteiger partial charge in [-0.2, -0.15) is 10.2 Å². The molecule has 0 spiro atoms. The van der Waals surface area contributed by atoms with Crippen LogP contribution in [0.25, 0.3) is 11.3 Å². The first-order valence-electron chi connectivity index (χ1n) is 9.67. The van der Waals surface area contributed by atoms with Crippen molar-refractivity contribution in [1.29, 1.82) is 0 Å². The van der Waals surface area contributed by atoms with Crippen molar-refractivity contribution in [2.75, 3.05) is 14.2 Å². The number of rotatable bonds is 3. The number of nitrogens with zero attached hydrogens (tertiary/aromatic N) is 8. The molecule has 0 aliphatic heterocycles. The quantitative estimate of drug-likeness (QED) is 0.396. The molecule has 0 saturated heterocycles. The van der Waals surface area contributed by atoms with Crippen molar-refractivity contribution in [3.05, 3.63) is 71.2 Å². The van der Waals surface area contributed by atoms with Gasteiger partial charge in [-0.15, -0.1) is 20.4 Å². The highest BCUT2D eigenvalue weighted by molar-refractivity contribution is 6.29. The Bertz CT molecular complexity index is 1190. The zero-order valence-corrected chi connectivity index (χ0v) is 20.0. The molecule has 0 unspecified atom stereocenters. The minimum atomic E-state index is -0.519. The van der Waals surface area contributed by atoms with Gasteiger partial charge in [0, 0.05) is 32.1 Å². The molecular formula is C21H23ClN8O4. The molecule has 0 atom stereocenters. The van der Waals surface area contributed by atoms with Crippen molar-refractivity contribution in [2.45, 2.75) is 6.92 Å². The van der Waals surface area contributed by atoms with E-state index in [2.05, 4.69) is 40.1 Å². The minimum absolute atomic E-state index is 0.150. The third kappa shape index (κ3) is 8.06. The molecule has 13 heteroatoms. The van der Waals surface area contributed by atoms with Crippen molar-refractivity contribution in [3.8, 4) is 11.3 Å². The first-order chi connectivity index (χ1) is 16.2. The van der Waals surface area contributed by atoms with E-state index in [0.29, 0.717) is 5.69 Å². The molecule has 4 aromatic heterocycles. The van der Waals surface area contributed by atoms with Gasteiger partial charge < -0.3 is 9.47 Å². The van der Waals surface area contributed by atoms with E-state index in [1.807, 2.05) is 39.6 Å². The van der Waals surface area contributed by atoms with Crippen LogP contribution in [0, 0.1) is 6.92 Å². The van der Waals surface area contributed by atoms with Crippen LogP contribution in [-0.2, 0) is 23.6 Å². The van der Waals surface area contributed by atoms with Gasteiger partial charge in [0.1, 0.15) is 0 Å². The van der Waals surface area contributed by atoms with Crippen molar-refractivity contribution < 1.29 is 19.1 Å². The summed E-state index contributed by atoms with van der Waals surface area (Å²) >= 11 is 5.43. The average Bonchev–Trinajstić information content (AvgIpc) is 3.46. The molecule has 0 amide bonds. The lowest BCUT2D eigenvalue weighted by atomic mass is 10.2. The number of methoxy groups -OCH3 is 2. The van der Waals surface area contributed by atoms with Crippen molar-refractivity contribution in [3.63, 3.8) is 0 Å². The Kier molecular flexibility index (Phi) is 9.77. The minimum Gasteiger partial charge on any atom is -0.464 e. The Labute approximate surface area is 200 Å². The molecule has 0 saturated carbocycles. The molecule has 12 nitrogen and oxygen atoms in total. The van der Waals surface area contributed by atoms with Gasteiger partial charge in [-0.3, -0.25) is 9.36 Å². The molecule has 178 valence electrons. The number of carbonyl (C=O) groups is 2. The first-order valence-corrected chi connectivity index (χ1v) is 10.0. The predicted octanol–water partition coefficient (Wildman–Crippen LogP) is 2.31. The van der Waals surface area contributed by atoms with Gasteiger partial charge in [0.25, 0.3) is 0 Å². The summed E-state index contributed by atoms with van der Waals surface area (Å²) in [6, 6.07) is 6.19. The fraction of sp³-hybridized carbons (Fsp3) is 0.238. The van der Waals surface area contributed by atoms with Crippen LogP contribution in [0.2, 0.25) is 5.15 Å². The maximum atomic E-state index is 11.1. The van der Waals surface area contributed by atoms with Gasteiger partial charge in [0.15, 0.2) is 16.5 Å². The fourth-order valence-electron chi connectivity index (χ4n) is 2.33. The van der Waals surface area contributed by atoms with E-state index >= 15 is 0 Å². The number of aromatic nitrogens is 8. The maximum Gasteiger partial charge on any atom is 0.358 e. The lowest BCUT2D eigenvalue weighted by molar-refractivity contribution is 0.0584. The second kappa shape index (κ2) is 12.7. The fourth-order valence-corrected chi connectivity index (χ4v) is 2.43. The number of hydrogen-bond donors (Lipinski definition) is 0. The monoisotopic (exact) mass is 486 g/mol. The third-order valence-corrected chi connectivity index (χ3v) is 4.12. The van der Waals surface area contributed by atoms with Crippen molar-refractivity contribution >= 4 is 23.5 Å². The maximum absolute atomic E-state index is 11.1. The summed E-state index contributed by atoms with van der Waals surface area (Å²) in [5, 5.41) is 22.9. The number of ether oxygens (including phenoxy) is 2. The Balaban J connectivity index is 0.000000196. The second-order valence-corrected chi connectivity index (χ2v) is 7.01. The zero-order valence-electron chi connectivity index (χ0n) is 19.2. The predicted molar refractivity (Wildman–Crippen MR) is 122 cm³/mol. The molecule has 0 aliphatic carbocycles. The van der Waals surface area contributed by atoms with E-state index in [-0.39, 0.29) is 16.5 Å². The Morgan fingerprint density at radius 2 is 1.35 bits per heavy atom. The van der Waals surface area contributed by atoms with Gasteiger partial charge in [-0.05, 0) is 36.8 Å². The van der Waals surface area contributed by atoms with Gasteiger partial charge in [-0.25, -0.2) is 9.59 Å². The van der Waals surface area contributed by atoms with Gasteiger partial charge in [0.2, 0.25) is 0 Å². The van der Waals surface area contributed by atoms with Crippen LogP contribution in [0.15, 0.2) is 49.1 Å². The van der Waals surface area contributed by atoms with Gasteiger partial charge >= 0.3 is 11.9 Å². The highest BCUT2D eigenvalue weighted by Crippen LogP contribution is 2.14. The van der Waals surface area contributed by atoms with Crippen molar-refractivity contribution in [1.82, 2.24) is 40.0 Å². The largest absolute Gasteiger partial charge is 0.464 e. The van der Waals surface area contributed by atoms with E-state index in [0.717, 1.165) is 5.56 Å². The topological polar surface area (TPSA) is 140 Å². The molecule has 4 heterocycles. The van der Waals surface area contributed by atoms with Crippen molar-refractivity contribution in [2.24, 2.45) is 14.1 Å². The summed E-state index contributed by atoms with van der Waals surface area (Å²) in [6.07, 6.45) is 7.31. The molecule has 0 radical (unpaired) electrons. The normalized spacial score (nSPS) is 9.71. The molecular weight excluding hydrogens is 464 g/mol. The number of esters is 2. The smallest absolute Gasteiger partial charge is 0.358 e. The van der Waals surface area contributed by atoms with Gasteiger partial charge in [-0.1, -0.05) is 11.6 Å². The van der Waals surface area contributed by atoms with E-state index in [4.69, 9.17) is 11.6 Å². The van der Waals surface area contributed by atoms with Crippen LogP contribution in [-0.4, -0.2) is 66.1 Å². The average molecular weight is 487 g/mol. The standard InChI is InChI=1S/C10H10N4O2.C6H5ClN2O2.C5H8N2/c1-14-6-7(5-11-14)8-3-4-9(13-12-8)10(15)16-2;1-11-6(10)4-2-3-5(7)9-8-4;1-5-3-6-7(2)4-5/h3-6H,1-2H3;2-3H,1H3;3-4H,1-2H3. The summed E-state index contributed by atoms with van der Waals surface area (Å²) < 4.78 is 12.4. The Hall–Kier alpha value is -4.19. The molecule has 4 rings (SSSR count). The first kappa shape index (κ1) is 26.1. The highest BCUT2D eigenvalue weighted by Gasteiger charge is 2.09. The number of carbonyl (C=O) groups excluding carboxylic acids is 2. The second-order valence-electron chi connectivity index (χ2n) is 6.62. The van der Waals surface area contributed by atoms with E-state index < -0.39 is 11.9 Å². The molecule has 0 N–H and O–H groups in total. The summed E-state index contributed by atoms with van der Waals surface area (Å²) in [5.41, 5.74) is 3.07. The lowest BCUT2D eigenvalue weighted by Gasteiger charge is -1.98. The zero-order chi connectivity index (χ0) is 25.1. The number of hydrogen-bond acceptors (Lipinski definition) is 10. The SMILES string of the molecule is COC(=O)c1ccc(-c2cnn(C)c2)nn1.COC(=O)c1ccc(Cl)nn1.Cc1cnn(C)c1. The van der Waals surface area contributed by atoms with E-state index in [1.54, 1.807) is 27.7 Å². The van der Waals surface area contributed by atoms with Crippen LogP contribution in [0.4, 0.5) is 0 Å². The van der Waals surface area contributed by atoms with Crippen LogP contribution in [0.1, 0.15) is 26.5 Å². The molecule has 4 aromatic rings. The molecule has 34 heavy (non-hydrogen) atoms. The Morgan fingerprint density at radius 1 is 0.794 bits per heavy atom. The Morgan fingerprint density at radius 3 is 1.71 bits per heavy atom. The molecule has 0 bridgehead atoms. The van der Waals surface area contributed by atoms with Crippen LogP contribution >= 0.6 is 11.6 Å². The summed E-state index contributed by atoms with van der Waals surface area (Å²) in [7, 11) is 6.31. The summed E-state index contributed by atoms with van der Waals surface area (Å²) in [6.45, 7) is 2.02. The highest BCUT2D eigenvalue weighted by atomic mass is 35.5. The summed E-state index contributed by atoms with van der Waals surface area (Å²) in [5.74, 6) is -1.01. The van der Waals surface area contributed by atoms with E-state index in [9.17, 15) is 9.59 Å². The van der Waals surface area contributed by atoms with Crippen LogP contribution < -0.4 is 0 Å². The van der Waals surface area contributed by atoms with Crippen LogP contribution in [0.5, 0.6) is 0 Å². The summed E-state index contributed by atoms with van der Waals surface area (Å²) in [4.78, 5) is 21.9. The molecule has 0 fully saturated rings. The van der Waals surface area contributed by atoms with Crippen LogP contribution in [0.3, 0.4) is 0 Å². The number of aryl methyl sites for hydroxylation is 3. The molecule has 0 aliphatic rings. The third-order valence-electron chi connectivity index (χ3n) is 3.92. The van der Waals surface area contributed by atoms with E-state index in [1.165, 1.54) is 31.9 Å². The lowest BCUT2D eigenvalue weighted by Crippen LogP contribution is -2.05.